The Morgan fingerprint density at radius 1 is 1.40 bits per heavy atom. The standard InChI is InChI=1S/C14H22N2O4/c1-2-7-15(10-13(17)18)14(19)16-8-9-20-12-6-4-3-5-11(12)16/h2,11-12H,1,3-10H2,(H,17,18). The molecule has 112 valence electrons. The Balaban J connectivity index is 2.07. The highest BCUT2D eigenvalue weighted by molar-refractivity contribution is 5.80. The number of carbonyl (C=O) groups is 2. The van der Waals surface area contributed by atoms with Crippen molar-refractivity contribution in [2.45, 2.75) is 37.8 Å². The highest BCUT2D eigenvalue weighted by atomic mass is 16.5. The molecule has 2 unspecified atom stereocenters. The Morgan fingerprint density at radius 2 is 2.15 bits per heavy atom. The summed E-state index contributed by atoms with van der Waals surface area (Å²) in [6.07, 6.45) is 5.81. The number of aliphatic carboxylic acids is 1. The van der Waals surface area contributed by atoms with E-state index in [-0.39, 0.29) is 31.3 Å². The molecule has 0 radical (unpaired) electrons. The summed E-state index contributed by atoms with van der Waals surface area (Å²) in [7, 11) is 0. The van der Waals surface area contributed by atoms with Crippen LogP contribution in [0.5, 0.6) is 0 Å². The number of carboxylic acid groups (broad SMARTS) is 1. The molecule has 20 heavy (non-hydrogen) atoms. The predicted octanol–water partition coefficient (Wildman–Crippen LogP) is 1.32. The first-order valence-corrected chi connectivity index (χ1v) is 7.13. The molecule has 1 saturated heterocycles. The van der Waals surface area contributed by atoms with Gasteiger partial charge in [0.2, 0.25) is 0 Å². The summed E-state index contributed by atoms with van der Waals surface area (Å²) in [4.78, 5) is 26.6. The third kappa shape index (κ3) is 3.30. The van der Waals surface area contributed by atoms with E-state index in [2.05, 4.69) is 6.58 Å². The molecule has 0 aromatic heterocycles. The van der Waals surface area contributed by atoms with E-state index in [4.69, 9.17) is 9.84 Å². The Morgan fingerprint density at radius 3 is 2.85 bits per heavy atom. The molecular formula is C14H22N2O4. The van der Waals surface area contributed by atoms with E-state index in [1.54, 1.807) is 11.0 Å². The highest BCUT2D eigenvalue weighted by Crippen LogP contribution is 2.29. The van der Waals surface area contributed by atoms with E-state index in [0.717, 1.165) is 25.7 Å². The van der Waals surface area contributed by atoms with E-state index in [1.807, 2.05) is 0 Å². The summed E-state index contributed by atoms with van der Waals surface area (Å²) in [5.74, 6) is -1.01. The summed E-state index contributed by atoms with van der Waals surface area (Å²) in [6, 6.07) is -0.126. The number of hydrogen-bond donors (Lipinski definition) is 1. The van der Waals surface area contributed by atoms with Gasteiger partial charge in [0.05, 0.1) is 18.8 Å². The van der Waals surface area contributed by atoms with Gasteiger partial charge in [-0.25, -0.2) is 4.79 Å². The topological polar surface area (TPSA) is 70.1 Å². The number of ether oxygens (including phenoxy) is 1. The van der Waals surface area contributed by atoms with Crippen LogP contribution in [-0.4, -0.2) is 65.3 Å². The van der Waals surface area contributed by atoms with E-state index in [9.17, 15) is 9.59 Å². The number of nitrogens with zero attached hydrogens (tertiary/aromatic N) is 2. The average Bonchev–Trinajstić information content (AvgIpc) is 2.45. The fraction of sp³-hybridized carbons (Fsp3) is 0.714. The second-order valence-corrected chi connectivity index (χ2v) is 5.30. The molecule has 2 atom stereocenters. The summed E-state index contributed by atoms with van der Waals surface area (Å²) in [5.41, 5.74) is 0. The SMILES string of the molecule is C=CCN(CC(=O)O)C(=O)N1CCOC2CCCCC21. The van der Waals surface area contributed by atoms with E-state index in [1.165, 1.54) is 4.90 Å². The number of carbonyl (C=O) groups excluding carboxylic acids is 1. The highest BCUT2D eigenvalue weighted by Gasteiger charge is 2.38. The van der Waals surface area contributed by atoms with Crippen LogP contribution in [0.3, 0.4) is 0 Å². The van der Waals surface area contributed by atoms with Crippen molar-refractivity contribution in [1.82, 2.24) is 9.80 Å². The third-order valence-corrected chi connectivity index (χ3v) is 3.92. The first kappa shape index (κ1) is 14.8. The maximum atomic E-state index is 12.6. The fourth-order valence-electron chi connectivity index (χ4n) is 3.05. The van der Waals surface area contributed by atoms with Gasteiger partial charge in [0.15, 0.2) is 0 Å². The molecule has 1 saturated carbocycles. The van der Waals surface area contributed by atoms with Crippen LogP contribution in [0.4, 0.5) is 4.79 Å². The summed E-state index contributed by atoms with van der Waals surface area (Å²) in [5, 5.41) is 8.92. The van der Waals surface area contributed by atoms with Crippen molar-refractivity contribution < 1.29 is 19.4 Å². The van der Waals surface area contributed by atoms with Gasteiger partial charge in [0.25, 0.3) is 0 Å². The lowest BCUT2D eigenvalue weighted by molar-refractivity contribution is -0.138. The Labute approximate surface area is 119 Å². The third-order valence-electron chi connectivity index (χ3n) is 3.92. The van der Waals surface area contributed by atoms with Crippen molar-refractivity contribution in [2.24, 2.45) is 0 Å². The van der Waals surface area contributed by atoms with Crippen LogP contribution in [0.1, 0.15) is 25.7 Å². The Kier molecular flexibility index (Phi) is 5.00. The molecule has 0 spiro atoms. The van der Waals surface area contributed by atoms with Gasteiger partial charge in [-0.1, -0.05) is 18.9 Å². The van der Waals surface area contributed by atoms with Crippen molar-refractivity contribution in [3.8, 4) is 0 Å². The lowest BCUT2D eigenvalue weighted by atomic mass is 9.90. The first-order chi connectivity index (χ1) is 9.63. The van der Waals surface area contributed by atoms with Crippen LogP contribution >= 0.6 is 0 Å². The smallest absolute Gasteiger partial charge is 0.323 e. The lowest BCUT2D eigenvalue weighted by Gasteiger charge is -2.45. The normalized spacial score (nSPS) is 25.7. The van der Waals surface area contributed by atoms with Gasteiger partial charge in [0, 0.05) is 13.1 Å². The molecule has 6 heteroatoms. The van der Waals surface area contributed by atoms with Gasteiger partial charge in [-0.05, 0) is 12.8 Å². The van der Waals surface area contributed by atoms with Gasteiger partial charge in [-0.3, -0.25) is 4.79 Å². The molecule has 2 fully saturated rings. The van der Waals surface area contributed by atoms with Crippen molar-refractivity contribution in [3.05, 3.63) is 12.7 Å². The molecule has 1 heterocycles. The zero-order valence-electron chi connectivity index (χ0n) is 11.7. The largest absolute Gasteiger partial charge is 0.480 e. The van der Waals surface area contributed by atoms with Gasteiger partial charge in [0.1, 0.15) is 6.54 Å². The maximum absolute atomic E-state index is 12.6. The van der Waals surface area contributed by atoms with Crippen LogP contribution in [0.25, 0.3) is 0 Å². The molecule has 2 aliphatic rings. The number of morpholine rings is 1. The van der Waals surface area contributed by atoms with Crippen molar-refractivity contribution in [3.63, 3.8) is 0 Å². The first-order valence-electron chi connectivity index (χ1n) is 7.13. The molecule has 0 aromatic carbocycles. The van der Waals surface area contributed by atoms with E-state index < -0.39 is 5.97 Å². The van der Waals surface area contributed by atoms with E-state index in [0.29, 0.717) is 13.2 Å². The van der Waals surface area contributed by atoms with Gasteiger partial charge < -0.3 is 19.6 Å². The minimum absolute atomic E-state index is 0.0890. The molecule has 0 aromatic rings. The molecule has 2 rings (SSSR count). The molecule has 1 aliphatic carbocycles. The molecule has 6 nitrogen and oxygen atoms in total. The monoisotopic (exact) mass is 282 g/mol. The van der Waals surface area contributed by atoms with Crippen molar-refractivity contribution in [1.29, 1.82) is 0 Å². The van der Waals surface area contributed by atoms with Crippen LogP contribution in [-0.2, 0) is 9.53 Å². The maximum Gasteiger partial charge on any atom is 0.323 e. The lowest BCUT2D eigenvalue weighted by Crippen LogP contribution is -2.58. The summed E-state index contributed by atoms with van der Waals surface area (Å²) in [6.45, 7) is 4.61. The fourth-order valence-corrected chi connectivity index (χ4v) is 3.05. The number of rotatable bonds is 4. The summed E-state index contributed by atoms with van der Waals surface area (Å²) < 4.78 is 5.73. The Hall–Kier alpha value is -1.56. The molecule has 2 amide bonds. The van der Waals surface area contributed by atoms with Crippen LogP contribution in [0.15, 0.2) is 12.7 Å². The van der Waals surface area contributed by atoms with Gasteiger partial charge in [-0.2, -0.15) is 0 Å². The van der Waals surface area contributed by atoms with Crippen LogP contribution < -0.4 is 0 Å². The molecule has 0 bridgehead atoms. The number of amides is 2. The number of hydrogen-bond acceptors (Lipinski definition) is 3. The number of carboxylic acids is 1. The van der Waals surface area contributed by atoms with Gasteiger partial charge in [-0.15, -0.1) is 6.58 Å². The second-order valence-electron chi connectivity index (χ2n) is 5.30. The Bertz CT molecular complexity index is 383. The van der Waals surface area contributed by atoms with Crippen LogP contribution in [0, 0.1) is 0 Å². The molecule has 1 N–H and O–H groups in total. The quantitative estimate of drug-likeness (QED) is 0.790. The minimum atomic E-state index is -1.01. The average molecular weight is 282 g/mol. The number of fused-ring (bicyclic) bond motifs is 1. The zero-order valence-corrected chi connectivity index (χ0v) is 11.7. The second kappa shape index (κ2) is 6.74. The number of urea groups is 1. The minimum Gasteiger partial charge on any atom is -0.480 e. The van der Waals surface area contributed by atoms with Crippen molar-refractivity contribution >= 4 is 12.0 Å². The molecular weight excluding hydrogens is 260 g/mol. The van der Waals surface area contributed by atoms with Gasteiger partial charge >= 0.3 is 12.0 Å². The molecule has 1 aliphatic heterocycles. The van der Waals surface area contributed by atoms with E-state index >= 15 is 0 Å². The zero-order chi connectivity index (χ0) is 14.5. The van der Waals surface area contributed by atoms with Crippen molar-refractivity contribution in [2.75, 3.05) is 26.2 Å². The predicted molar refractivity (Wildman–Crippen MR) is 73.5 cm³/mol. The van der Waals surface area contributed by atoms with Crippen LogP contribution in [0.2, 0.25) is 0 Å². The summed E-state index contributed by atoms with van der Waals surface area (Å²) >= 11 is 0.